The van der Waals surface area contributed by atoms with Gasteiger partial charge in [0.2, 0.25) is 0 Å². The molecule has 0 radical (unpaired) electrons. The van der Waals surface area contributed by atoms with Crippen LogP contribution in [0.5, 0.6) is 0 Å². The number of anilines is 2. The maximum absolute atomic E-state index is 11.5. The van der Waals surface area contributed by atoms with E-state index in [1.807, 2.05) is 31.2 Å². The van der Waals surface area contributed by atoms with Crippen LogP contribution in [-0.4, -0.2) is 34.7 Å². The molecular weight excluding hydrogens is 402 g/mol. The van der Waals surface area contributed by atoms with E-state index in [0.717, 1.165) is 29.9 Å². The van der Waals surface area contributed by atoms with Gasteiger partial charge in [-0.1, -0.05) is 12.1 Å². The number of nitrogens with zero attached hydrogens (tertiary/aromatic N) is 3. The summed E-state index contributed by atoms with van der Waals surface area (Å²) < 4.78 is 0. The normalized spacial score (nSPS) is 10.4. The molecule has 0 aliphatic rings. The Morgan fingerprint density at radius 2 is 1.76 bits per heavy atom. The number of nitrogens with two attached hydrogens (primary N) is 1. The van der Waals surface area contributed by atoms with Crippen molar-refractivity contribution in [1.29, 1.82) is 0 Å². The van der Waals surface area contributed by atoms with E-state index in [-0.39, 0.29) is 12.2 Å². The van der Waals surface area contributed by atoms with Gasteiger partial charge in [-0.05, 0) is 30.7 Å². The Kier molecular flexibility index (Phi) is 7.32. The molecule has 11 heteroatoms. The lowest BCUT2D eigenvalue weighted by Crippen LogP contribution is -2.24. The number of hydrogen-bond acceptors (Lipinski definition) is 7. The third kappa shape index (κ3) is 5.32. The van der Waals surface area contributed by atoms with Crippen LogP contribution in [0.3, 0.4) is 0 Å². The fourth-order valence-corrected chi connectivity index (χ4v) is 3.02. The number of halogens is 1. The molecule has 0 aromatic heterocycles. The van der Waals surface area contributed by atoms with Crippen molar-refractivity contribution in [1.82, 2.24) is 0 Å². The summed E-state index contributed by atoms with van der Waals surface area (Å²) in [6.45, 7) is 3.74. The number of amides is 1. The predicted molar refractivity (Wildman–Crippen MR) is 111 cm³/mol. The summed E-state index contributed by atoms with van der Waals surface area (Å²) in [5, 5.41) is 25.3. The van der Waals surface area contributed by atoms with E-state index in [9.17, 15) is 25.0 Å². The van der Waals surface area contributed by atoms with Crippen molar-refractivity contribution in [2.24, 2.45) is 5.73 Å². The maximum atomic E-state index is 11.5. The number of primary amides is 1. The number of carbonyl (C=O) groups excluding carboxylic acids is 1. The molecule has 154 valence electrons. The molecule has 0 atom stereocenters. The minimum absolute atomic E-state index is 0.0317. The molecule has 29 heavy (non-hydrogen) atoms. The zero-order chi connectivity index (χ0) is 21.6. The van der Waals surface area contributed by atoms with Crippen LogP contribution in [0.1, 0.15) is 22.8 Å². The van der Waals surface area contributed by atoms with E-state index in [0.29, 0.717) is 12.4 Å². The standard InChI is InChI=1S/C18H20ClN5O5/c1-2-22(8-7-19)13-5-3-12(4-6-13)11-21-15-9-14(18(20)25)16(23(26)27)10-17(15)24(28)29/h3-6,9-10,21H,2,7-8,11H2,1H3,(H2,20,25). The monoisotopic (exact) mass is 421 g/mol. The van der Waals surface area contributed by atoms with Crippen molar-refractivity contribution in [3.8, 4) is 0 Å². The van der Waals surface area contributed by atoms with Crippen molar-refractivity contribution in [2.75, 3.05) is 29.2 Å². The van der Waals surface area contributed by atoms with Crippen LogP contribution in [-0.2, 0) is 6.54 Å². The highest BCUT2D eigenvalue weighted by Crippen LogP contribution is 2.33. The van der Waals surface area contributed by atoms with Crippen molar-refractivity contribution in [3.05, 3.63) is 67.8 Å². The van der Waals surface area contributed by atoms with Gasteiger partial charge in [-0.3, -0.25) is 25.0 Å². The second-order valence-electron chi connectivity index (χ2n) is 6.05. The first-order chi connectivity index (χ1) is 13.8. The van der Waals surface area contributed by atoms with Crippen molar-refractivity contribution in [2.45, 2.75) is 13.5 Å². The second kappa shape index (κ2) is 9.69. The highest BCUT2D eigenvalue weighted by molar-refractivity contribution is 6.18. The summed E-state index contributed by atoms with van der Waals surface area (Å²) in [4.78, 5) is 34.4. The van der Waals surface area contributed by atoms with Gasteiger partial charge in [0, 0.05) is 31.2 Å². The van der Waals surface area contributed by atoms with E-state index in [1.165, 1.54) is 0 Å². The molecule has 0 fully saturated rings. The van der Waals surface area contributed by atoms with Crippen molar-refractivity contribution >= 4 is 40.3 Å². The molecule has 10 nitrogen and oxygen atoms in total. The van der Waals surface area contributed by atoms with Crippen LogP contribution in [0.4, 0.5) is 22.7 Å². The van der Waals surface area contributed by atoms with Crippen LogP contribution >= 0.6 is 11.6 Å². The largest absolute Gasteiger partial charge is 0.375 e. The minimum atomic E-state index is -1.04. The lowest BCUT2D eigenvalue weighted by Gasteiger charge is -2.22. The van der Waals surface area contributed by atoms with E-state index in [1.54, 1.807) is 0 Å². The topological polar surface area (TPSA) is 145 Å². The summed E-state index contributed by atoms with van der Waals surface area (Å²) >= 11 is 5.80. The molecule has 0 unspecified atom stereocenters. The average molecular weight is 422 g/mol. The van der Waals surface area contributed by atoms with Gasteiger partial charge < -0.3 is 16.0 Å². The van der Waals surface area contributed by atoms with Crippen LogP contribution in [0, 0.1) is 20.2 Å². The fourth-order valence-electron chi connectivity index (χ4n) is 2.81. The van der Waals surface area contributed by atoms with Crippen LogP contribution in [0.2, 0.25) is 0 Å². The number of benzene rings is 2. The van der Waals surface area contributed by atoms with E-state index in [2.05, 4.69) is 10.2 Å². The molecule has 1 amide bonds. The van der Waals surface area contributed by atoms with E-state index in [4.69, 9.17) is 17.3 Å². The number of alkyl halides is 1. The molecule has 0 spiro atoms. The first kappa shape index (κ1) is 21.9. The maximum Gasteiger partial charge on any atom is 0.299 e. The molecule has 0 saturated heterocycles. The van der Waals surface area contributed by atoms with Crippen LogP contribution in [0.15, 0.2) is 36.4 Å². The third-order valence-corrected chi connectivity index (χ3v) is 4.46. The molecular formula is C18H20ClN5O5. The van der Waals surface area contributed by atoms with Gasteiger partial charge >= 0.3 is 0 Å². The summed E-state index contributed by atoms with van der Waals surface area (Å²) in [6, 6.07) is 9.29. The highest BCUT2D eigenvalue weighted by Gasteiger charge is 2.26. The Hall–Kier alpha value is -3.40. The molecule has 2 aromatic carbocycles. The molecule has 0 aliphatic heterocycles. The van der Waals surface area contributed by atoms with Crippen LogP contribution in [0.25, 0.3) is 0 Å². The summed E-state index contributed by atoms with van der Waals surface area (Å²) in [5.74, 6) is -0.540. The summed E-state index contributed by atoms with van der Waals surface area (Å²) in [5.41, 5.74) is 5.34. The van der Waals surface area contributed by atoms with Gasteiger partial charge in [-0.25, -0.2) is 0 Å². The molecule has 0 bridgehead atoms. The zero-order valence-electron chi connectivity index (χ0n) is 15.6. The number of nitrogens with one attached hydrogen (secondary N) is 1. The second-order valence-corrected chi connectivity index (χ2v) is 6.43. The van der Waals surface area contributed by atoms with Gasteiger partial charge in [0.25, 0.3) is 17.3 Å². The average Bonchev–Trinajstić information content (AvgIpc) is 2.69. The predicted octanol–water partition coefficient (Wildman–Crippen LogP) is 3.28. The highest BCUT2D eigenvalue weighted by atomic mass is 35.5. The number of carbonyl (C=O) groups is 1. The van der Waals surface area contributed by atoms with Gasteiger partial charge in [0.05, 0.1) is 15.9 Å². The SMILES string of the molecule is CCN(CCCl)c1ccc(CNc2cc(C(N)=O)c([N+](=O)[O-])cc2[N+](=O)[O-])cc1. The molecule has 3 N–H and O–H groups in total. The Morgan fingerprint density at radius 3 is 2.24 bits per heavy atom. The first-order valence-electron chi connectivity index (χ1n) is 8.68. The zero-order valence-corrected chi connectivity index (χ0v) is 16.4. The van der Waals surface area contributed by atoms with Crippen molar-refractivity contribution in [3.63, 3.8) is 0 Å². The number of nitro groups is 2. The fraction of sp³-hybridized carbons (Fsp3) is 0.278. The quantitative estimate of drug-likeness (QED) is 0.340. The summed E-state index contributed by atoms with van der Waals surface area (Å²) in [6.07, 6.45) is 0. The molecule has 0 aliphatic carbocycles. The van der Waals surface area contributed by atoms with Gasteiger partial charge in [0.1, 0.15) is 11.3 Å². The number of nitro benzene ring substituents is 2. The Balaban J connectivity index is 2.27. The molecule has 2 rings (SSSR count). The third-order valence-electron chi connectivity index (χ3n) is 4.29. The van der Waals surface area contributed by atoms with Gasteiger partial charge in [-0.2, -0.15) is 0 Å². The van der Waals surface area contributed by atoms with Crippen LogP contribution < -0.4 is 16.0 Å². The van der Waals surface area contributed by atoms with E-state index < -0.39 is 32.7 Å². The van der Waals surface area contributed by atoms with Gasteiger partial charge in [-0.15, -0.1) is 11.6 Å². The smallest absolute Gasteiger partial charge is 0.299 e. The number of hydrogen-bond donors (Lipinski definition) is 2. The minimum Gasteiger partial charge on any atom is -0.375 e. The Labute approximate surface area is 171 Å². The Bertz CT molecular complexity index is 920. The molecule has 0 heterocycles. The summed E-state index contributed by atoms with van der Waals surface area (Å²) in [7, 11) is 0. The van der Waals surface area contributed by atoms with Crippen molar-refractivity contribution < 1.29 is 14.6 Å². The van der Waals surface area contributed by atoms with Gasteiger partial charge in [0.15, 0.2) is 0 Å². The first-order valence-corrected chi connectivity index (χ1v) is 9.22. The molecule has 2 aromatic rings. The lowest BCUT2D eigenvalue weighted by atomic mass is 10.1. The number of rotatable bonds is 10. The Morgan fingerprint density at radius 1 is 1.14 bits per heavy atom. The molecule has 0 saturated carbocycles. The lowest BCUT2D eigenvalue weighted by molar-refractivity contribution is -0.393. The van der Waals surface area contributed by atoms with E-state index >= 15 is 0 Å².